The van der Waals surface area contributed by atoms with E-state index < -0.39 is 6.29 Å². The summed E-state index contributed by atoms with van der Waals surface area (Å²) in [6.07, 6.45) is 5.98. The largest absolute Gasteiger partial charge is 0.367 e. The number of fused-ring (bicyclic) bond motifs is 2. The van der Waals surface area contributed by atoms with Crippen LogP contribution in [0.4, 0.5) is 0 Å². The molecule has 1 aromatic rings. The first kappa shape index (κ1) is 11.4. The van der Waals surface area contributed by atoms with Crippen molar-refractivity contribution in [3.05, 3.63) is 53.1 Å². The molecule has 1 heterocycles. The van der Waals surface area contributed by atoms with Crippen LogP contribution in [-0.4, -0.2) is 18.0 Å². The lowest BCUT2D eigenvalue weighted by atomic mass is 9.83. The lowest BCUT2D eigenvalue weighted by Crippen LogP contribution is -2.22. The predicted molar refractivity (Wildman–Crippen MR) is 74.5 cm³/mol. The van der Waals surface area contributed by atoms with Crippen LogP contribution < -0.4 is 0 Å². The van der Waals surface area contributed by atoms with Crippen LogP contribution in [-0.2, 0) is 10.2 Å². The molecule has 1 aromatic carbocycles. The summed E-state index contributed by atoms with van der Waals surface area (Å²) in [5.74, 6) is 0.369. The van der Waals surface area contributed by atoms with Gasteiger partial charge in [0.2, 0.25) is 0 Å². The molecule has 1 N–H and O–H groups in total. The van der Waals surface area contributed by atoms with Gasteiger partial charge in [-0.2, -0.15) is 0 Å². The first-order valence-electron chi connectivity index (χ1n) is 6.86. The molecule has 4 atom stereocenters. The predicted octanol–water partition coefficient (Wildman–Crippen LogP) is 2.88. The van der Waals surface area contributed by atoms with Gasteiger partial charge in [-0.25, -0.2) is 0 Å². The van der Waals surface area contributed by atoms with Crippen LogP contribution in [0.5, 0.6) is 0 Å². The maximum absolute atomic E-state index is 10.4. The Morgan fingerprint density at radius 3 is 2.95 bits per heavy atom. The molecule has 0 aromatic heterocycles. The Morgan fingerprint density at radius 2 is 2.16 bits per heavy atom. The fourth-order valence-corrected chi connectivity index (χ4v) is 4.37. The summed E-state index contributed by atoms with van der Waals surface area (Å²) >= 11 is 0. The Hall–Kier alpha value is -1.38. The van der Waals surface area contributed by atoms with E-state index in [4.69, 9.17) is 4.74 Å². The van der Waals surface area contributed by atoms with Crippen LogP contribution in [0.25, 0.3) is 6.08 Å². The molecule has 1 spiro atoms. The number of aliphatic hydroxyl groups is 1. The molecular formula is C17H18O2. The number of aliphatic hydroxyl groups excluding tert-OH is 1. The van der Waals surface area contributed by atoms with E-state index in [9.17, 15) is 5.11 Å². The number of allylic oxidation sites excluding steroid dienone is 2. The van der Waals surface area contributed by atoms with Gasteiger partial charge in [0.15, 0.2) is 6.29 Å². The molecule has 1 aliphatic heterocycles. The smallest absolute Gasteiger partial charge is 0.165 e. The van der Waals surface area contributed by atoms with Gasteiger partial charge in [-0.15, -0.1) is 0 Å². The third-order valence-electron chi connectivity index (χ3n) is 5.05. The highest BCUT2D eigenvalue weighted by Gasteiger charge is 2.82. The molecule has 19 heavy (non-hydrogen) atoms. The second kappa shape index (κ2) is 3.38. The summed E-state index contributed by atoms with van der Waals surface area (Å²) in [5, 5.41) is 10.4. The number of hydrogen-bond donors (Lipinski definition) is 1. The first-order chi connectivity index (χ1) is 9.13. The molecule has 3 aliphatic rings. The van der Waals surface area contributed by atoms with Gasteiger partial charge < -0.3 is 9.84 Å². The Balaban J connectivity index is 1.96. The van der Waals surface area contributed by atoms with Crippen molar-refractivity contribution in [2.75, 3.05) is 6.61 Å². The number of hydrogen-bond acceptors (Lipinski definition) is 2. The minimum Gasteiger partial charge on any atom is -0.367 e. The van der Waals surface area contributed by atoms with Gasteiger partial charge in [0, 0.05) is 11.3 Å². The quantitative estimate of drug-likeness (QED) is 0.781. The average molecular weight is 254 g/mol. The van der Waals surface area contributed by atoms with E-state index >= 15 is 0 Å². The number of benzene rings is 1. The van der Waals surface area contributed by atoms with Gasteiger partial charge >= 0.3 is 0 Å². The highest BCUT2D eigenvalue weighted by atomic mass is 16.6. The van der Waals surface area contributed by atoms with E-state index in [1.165, 1.54) is 16.7 Å². The third-order valence-corrected chi connectivity index (χ3v) is 5.05. The van der Waals surface area contributed by atoms with Crippen molar-refractivity contribution in [3.8, 4) is 0 Å². The van der Waals surface area contributed by atoms with E-state index in [-0.39, 0.29) is 10.8 Å². The summed E-state index contributed by atoms with van der Waals surface area (Å²) in [6.45, 7) is 4.80. The van der Waals surface area contributed by atoms with E-state index in [0.717, 1.165) is 0 Å². The Bertz CT molecular complexity index is 611. The fourth-order valence-electron chi connectivity index (χ4n) is 4.37. The fraction of sp³-hybridized carbons (Fsp3) is 0.412. The van der Waals surface area contributed by atoms with Crippen LogP contribution in [0, 0.1) is 11.3 Å². The summed E-state index contributed by atoms with van der Waals surface area (Å²) in [4.78, 5) is 0. The van der Waals surface area contributed by atoms with Crippen LogP contribution in [0.1, 0.15) is 25.0 Å². The molecule has 2 aliphatic carbocycles. The SMILES string of the molecule is CC(C)=C[C@]12C(O)OC[C@]13c1ccccc1C=C[C@H]32. The van der Waals surface area contributed by atoms with Crippen LogP contribution >= 0.6 is 0 Å². The van der Waals surface area contributed by atoms with Crippen LogP contribution in [0.15, 0.2) is 42.0 Å². The Labute approximate surface area is 113 Å². The molecular weight excluding hydrogens is 236 g/mol. The lowest BCUT2D eigenvalue weighted by molar-refractivity contribution is -0.103. The highest BCUT2D eigenvalue weighted by molar-refractivity contribution is 5.68. The maximum Gasteiger partial charge on any atom is 0.165 e. The van der Waals surface area contributed by atoms with Crippen molar-refractivity contribution in [3.63, 3.8) is 0 Å². The minimum absolute atomic E-state index is 0.0466. The van der Waals surface area contributed by atoms with E-state index in [2.05, 4.69) is 56.3 Å². The van der Waals surface area contributed by atoms with E-state index in [1.54, 1.807) is 0 Å². The van der Waals surface area contributed by atoms with Gasteiger partial charge in [0.05, 0.1) is 12.0 Å². The van der Waals surface area contributed by atoms with Crippen molar-refractivity contribution in [1.29, 1.82) is 0 Å². The second-order valence-corrected chi connectivity index (χ2v) is 6.21. The average Bonchev–Trinajstić information content (AvgIpc) is 2.88. The van der Waals surface area contributed by atoms with Crippen molar-refractivity contribution in [1.82, 2.24) is 0 Å². The van der Waals surface area contributed by atoms with Gasteiger partial charge in [-0.3, -0.25) is 0 Å². The molecule has 4 rings (SSSR count). The molecule has 0 amide bonds. The summed E-state index contributed by atoms with van der Waals surface area (Å²) in [5.41, 5.74) is 3.53. The second-order valence-electron chi connectivity index (χ2n) is 6.21. The lowest BCUT2D eigenvalue weighted by Gasteiger charge is -2.19. The Kier molecular flexibility index (Phi) is 2.04. The molecule has 2 heteroatoms. The minimum atomic E-state index is -0.691. The molecule has 98 valence electrons. The zero-order valence-corrected chi connectivity index (χ0v) is 11.3. The standard InChI is InChI=1S/C17H18O2/c1-11(2)9-16-14-8-7-12-5-3-4-6-13(12)17(14,16)10-19-15(16)18/h3-9,14-15,18H,10H2,1-2H3/t14-,15?,16-,17+/m0/s1. The molecule has 0 radical (unpaired) electrons. The molecule has 0 bridgehead atoms. The van der Waals surface area contributed by atoms with Crippen molar-refractivity contribution >= 4 is 6.08 Å². The summed E-state index contributed by atoms with van der Waals surface area (Å²) in [6, 6.07) is 8.48. The van der Waals surface area contributed by atoms with Crippen molar-refractivity contribution in [2.45, 2.75) is 25.6 Å². The summed E-state index contributed by atoms with van der Waals surface area (Å²) in [7, 11) is 0. The normalized spacial score (nSPS) is 41.2. The Morgan fingerprint density at radius 1 is 1.37 bits per heavy atom. The molecule has 1 saturated heterocycles. The molecule has 1 unspecified atom stereocenters. The zero-order valence-electron chi connectivity index (χ0n) is 11.3. The van der Waals surface area contributed by atoms with Gasteiger partial charge in [-0.05, 0) is 25.0 Å². The van der Waals surface area contributed by atoms with Gasteiger partial charge in [0.1, 0.15) is 0 Å². The van der Waals surface area contributed by atoms with Crippen molar-refractivity contribution < 1.29 is 9.84 Å². The van der Waals surface area contributed by atoms with E-state index in [1.807, 2.05) is 0 Å². The molecule has 2 fully saturated rings. The topological polar surface area (TPSA) is 29.5 Å². The van der Waals surface area contributed by atoms with Crippen molar-refractivity contribution in [2.24, 2.45) is 11.3 Å². The highest BCUT2D eigenvalue weighted by Crippen LogP contribution is 2.78. The monoisotopic (exact) mass is 254 g/mol. The third kappa shape index (κ3) is 1.11. The molecule has 1 saturated carbocycles. The van der Waals surface area contributed by atoms with Crippen LogP contribution in [0.2, 0.25) is 0 Å². The van der Waals surface area contributed by atoms with Gasteiger partial charge in [-0.1, -0.05) is 48.1 Å². The number of ether oxygens (including phenoxy) is 1. The van der Waals surface area contributed by atoms with E-state index in [0.29, 0.717) is 12.5 Å². The zero-order chi connectivity index (χ0) is 13.3. The maximum atomic E-state index is 10.4. The van der Waals surface area contributed by atoms with Crippen LogP contribution in [0.3, 0.4) is 0 Å². The first-order valence-corrected chi connectivity index (χ1v) is 6.86. The summed E-state index contributed by atoms with van der Waals surface area (Å²) < 4.78 is 5.61. The molecule has 2 nitrogen and oxygen atoms in total. The van der Waals surface area contributed by atoms with Gasteiger partial charge in [0.25, 0.3) is 0 Å². The number of rotatable bonds is 1.